The molecule has 3 N–H and O–H groups in total. The standard InChI is InChI=1S/C7H13NO3/c1-3-7(2,6(10)11)4-5(8)9/h3-4H2,1-2H3,(H2,8,9)(H,10,11). The summed E-state index contributed by atoms with van der Waals surface area (Å²) >= 11 is 0. The fraction of sp³-hybridized carbons (Fsp3) is 0.714. The van der Waals surface area contributed by atoms with Crippen LogP contribution >= 0.6 is 0 Å². The molecular formula is C7H13NO3. The van der Waals surface area contributed by atoms with Gasteiger partial charge in [-0.15, -0.1) is 0 Å². The number of hydrogen-bond donors (Lipinski definition) is 2. The highest BCUT2D eigenvalue weighted by molar-refractivity contribution is 5.83. The number of carbonyl (C=O) groups excluding carboxylic acids is 1. The molecule has 4 heteroatoms. The highest BCUT2D eigenvalue weighted by Gasteiger charge is 2.32. The Morgan fingerprint density at radius 2 is 2.00 bits per heavy atom. The van der Waals surface area contributed by atoms with Gasteiger partial charge in [-0.3, -0.25) is 9.59 Å². The molecule has 0 saturated carbocycles. The number of amides is 1. The van der Waals surface area contributed by atoms with Crippen molar-refractivity contribution in [3.05, 3.63) is 0 Å². The topological polar surface area (TPSA) is 80.4 Å². The van der Waals surface area contributed by atoms with Gasteiger partial charge in [-0.2, -0.15) is 0 Å². The van der Waals surface area contributed by atoms with E-state index < -0.39 is 17.3 Å². The molecule has 4 nitrogen and oxygen atoms in total. The van der Waals surface area contributed by atoms with Gasteiger partial charge in [0.1, 0.15) is 0 Å². The zero-order valence-electron chi connectivity index (χ0n) is 6.76. The third-order valence-corrected chi connectivity index (χ3v) is 1.86. The number of carbonyl (C=O) groups is 2. The summed E-state index contributed by atoms with van der Waals surface area (Å²) in [5.74, 6) is -1.55. The molecule has 0 heterocycles. The SMILES string of the molecule is CCC(C)(CC(N)=O)C(=O)O. The second kappa shape index (κ2) is 3.37. The summed E-state index contributed by atoms with van der Waals surface area (Å²) in [5, 5.41) is 8.67. The van der Waals surface area contributed by atoms with Gasteiger partial charge in [0, 0.05) is 6.42 Å². The fourth-order valence-corrected chi connectivity index (χ4v) is 0.736. The highest BCUT2D eigenvalue weighted by Crippen LogP contribution is 2.25. The molecule has 0 aliphatic rings. The summed E-state index contributed by atoms with van der Waals surface area (Å²) in [7, 11) is 0. The van der Waals surface area contributed by atoms with E-state index in [0.717, 1.165) is 0 Å². The lowest BCUT2D eigenvalue weighted by Gasteiger charge is -2.20. The molecule has 1 amide bonds. The van der Waals surface area contributed by atoms with E-state index in [1.54, 1.807) is 6.92 Å². The van der Waals surface area contributed by atoms with E-state index in [2.05, 4.69) is 0 Å². The average molecular weight is 159 g/mol. The first-order chi connectivity index (χ1) is 4.92. The van der Waals surface area contributed by atoms with Crippen molar-refractivity contribution < 1.29 is 14.7 Å². The lowest BCUT2D eigenvalue weighted by Crippen LogP contribution is -2.32. The maximum atomic E-state index is 10.6. The summed E-state index contributed by atoms with van der Waals surface area (Å²) in [4.78, 5) is 21.0. The van der Waals surface area contributed by atoms with E-state index in [-0.39, 0.29) is 6.42 Å². The minimum Gasteiger partial charge on any atom is -0.481 e. The second-order valence-electron chi connectivity index (χ2n) is 2.86. The first kappa shape index (κ1) is 9.94. The van der Waals surface area contributed by atoms with Crippen LogP contribution in [0.4, 0.5) is 0 Å². The molecule has 64 valence electrons. The van der Waals surface area contributed by atoms with Gasteiger partial charge in [0.25, 0.3) is 0 Å². The molecule has 0 radical (unpaired) electrons. The Balaban J connectivity index is 4.34. The lowest BCUT2D eigenvalue weighted by molar-refractivity contribution is -0.150. The quantitative estimate of drug-likeness (QED) is 0.621. The fourth-order valence-electron chi connectivity index (χ4n) is 0.736. The van der Waals surface area contributed by atoms with E-state index in [1.807, 2.05) is 0 Å². The Bertz CT molecular complexity index is 179. The molecule has 0 aromatic heterocycles. The van der Waals surface area contributed by atoms with Gasteiger partial charge in [0.15, 0.2) is 0 Å². The Hall–Kier alpha value is -1.06. The van der Waals surface area contributed by atoms with Gasteiger partial charge in [-0.25, -0.2) is 0 Å². The molecule has 11 heavy (non-hydrogen) atoms. The number of rotatable bonds is 4. The first-order valence-corrected chi connectivity index (χ1v) is 3.44. The van der Waals surface area contributed by atoms with Crippen molar-refractivity contribution >= 4 is 11.9 Å². The summed E-state index contributed by atoms with van der Waals surface area (Å²) in [6.07, 6.45) is 0.310. The normalized spacial score (nSPS) is 15.5. The van der Waals surface area contributed by atoms with Crippen molar-refractivity contribution in [2.75, 3.05) is 0 Å². The van der Waals surface area contributed by atoms with Crippen LogP contribution in [0.25, 0.3) is 0 Å². The number of carboxylic acids is 1. The molecule has 0 aliphatic carbocycles. The van der Waals surface area contributed by atoms with Crippen LogP contribution in [0.1, 0.15) is 26.7 Å². The number of carboxylic acid groups (broad SMARTS) is 1. The predicted octanol–water partition coefficient (Wildman–Crippen LogP) is 0.363. The zero-order valence-corrected chi connectivity index (χ0v) is 6.76. The van der Waals surface area contributed by atoms with Crippen molar-refractivity contribution in [2.24, 2.45) is 11.1 Å². The van der Waals surface area contributed by atoms with Crippen molar-refractivity contribution in [1.29, 1.82) is 0 Å². The maximum Gasteiger partial charge on any atom is 0.309 e. The molecule has 1 atom stereocenters. The Labute approximate surface area is 65.4 Å². The molecule has 0 saturated heterocycles. The van der Waals surface area contributed by atoms with Crippen molar-refractivity contribution in [3.63, 3.8) is 0 Å². The van der Waals surface area contributed by atoms with Crippen LogP contribution in [-0.4, -0.2) is 17.0 Å². The van der Waals surface area contributed by atoms with Gasteiger partial charge < -0.3 is 10.8 Å². The molecule has 1 unspecified atom stereocenters. The van der Waals surface area contributed by atoms with Crippen LogP contribution in [0.5, 0.6) is 0 Å². The number of nitrogens with two attached hydrogens (primary N) is 1. The van der Waals surface area contributed by atoms with Gasteiger partial charge in [-0.1, -0.05) is 6.92 Å². The number of primary amides is 1. The Kier molecular flexibility index (Phi) is 3.04. The predicted molar refractivity (Wildman–Crippen MR) is 39.8 cm³/mol. The molecule has 0 bridgehead atoms. The Morgan fingerprint density at radius 1 is 1.55 bits per heavy atom. The number of aliphatic carboxylic acids is 1. The van der Waals surface area contributed by atoms with Crippen LogP contribution in [0.15, 0.2) is 0 Å². The third kappa shape index (κ3) is 2.57. The van der Waals surface area contributed by atoms with Gasteiger partial charge in [0.05, 0.1) is 5.41 Å². The summed E-state index contributed by atoms with van der Waals surface area (Å²) in [6.45, 7) is 3.23. The molecule has 0 aliphatic heterocycles. The van der Waals surface area contributed by atoms with E-state index in [9.17, 15) is 9.59 Å². The highest BCUT2D eigenvalue weighted by atomic mass is 16.4. The van der Waals surface area contributed by atoms with E-state index in [4.69, 9.17) is 10.8 Å². The van der Waals surface area contributed by atoms with Crippen molar-refractivity contribution in [3.8, 4) is 0 Å². The average Bonchev–Trinajstić information content (AvgIpc) is 1.86. The second-order valence-corrected chi connectivity index (χ2v) is 2.86. The van der Waals surface area contributed by atoms with E-state index in [1.165, 1.54) is 6.92 Å². The largest absolute Gasteiger partial charge is 0.481 e. The third-order valence-electron chi connectivity index (χ3n) is 1.86. The van der Waals surface area contributed by atoms with E-state index in [0.29, 0.717) is 6.42 Å². The van der Waals surface area contributed by atoms with Crippen LogP contribution in [0.3, 0.4) is 0 Å². The first-order valence-electron chi connectivity index (χ1n) is 3.44. The van der Waals surface area contributed by atoms with Gasteiger partial charge >= 0.3 is 5.97 Å². The minimum atomic E-state index is -0.994. The van der Waals surface area contributed by atoms with Gasteiger partial charge in [-0.05, 0) is 13.3 Å². The monoisotopic (exact) mass is 159 g/mol. The molecular weight excluding hydrogens is 146 g/mol. The smallest absolute Gasteiger partial charge is 0.309 e. The van der Waals surface area contributed by atoms with Crippen molar-refractivity contribution in [1.82, 2.24) is 0 Å². The molecule has 0 fully saturated rings. The Morgan fingerprint density at radius 3 is 2.09 bits per heavy atom. The van der Waals surface area contributed by atoms with Gasteiger partial charge in [0.2, 0.25) is 5.91 Å². The van der Waals surface area contributed by atoms with Crippen LogP contribution in [-0.2, 0) is 9.59 Å². The maximum absolute atomic E-state index is 10.6. The molecule has 0 aromatic carbocycles. The van der Waals surface area contributed by atoms with Crippen LogP contribution in [0, 0.1) is 5.41 Å². The van der Waals surface area contributed by atoms with E-state index >= 15 is 0 Å². The molecule has 0 rings (SSSR count). The minimum absolute atomic E-state index is 0.0984. The molecule has 0 spiro atoms. The van der Waals surface area contributed by atoms with Crippen LogP contribution in [0.2, 0.25) is 0 Å². The lowest BCUT2D eigenvalue weighted by atomic mass is 9.84. The summed E-state index contributed by atoms with van der Waals surface area (Å²) in [6, 6.07) is 0. The number of hydrogen-bond acceptors (Lipinski definition) is 2. The van der Waals surface area contributed by atoms with Crippen LogP contribution < -0.4 is 5.73 Å². The molecule has 0 aromatic rings. The summed E-state index contributed by atoms with van der Waals surface area (Å²) < 4.78 is 0. The van der Waals surface area contributed by atoms with Crippen molar-refractivity contribution in [2.45, 2.75) is 26.7 Å². The zero-order chi connectivity index (χ0) is 9.07. The summed E-state index contributed by atoms with van der Waals surface area (Å²) in [5.41, 5.74) is 3.90.